The van der Waals surface area contributed by atoms with Crippen LogP contribution in [-0.4, -0.2) is 24.3 Å². The lowest BCUT2D eigenvalue weighted by Crippen LogP contribution is -2.27. The fourth-order valence-corrected chi connectivity index (χ4v) is 4.19. The van der Waals surface area contributed by atoms with Crippen LogP contribution in [0.5, 0.6) is 5.75 Å². The maximum atomic E-state index is 13.5. The lowest BCUT2D eigenvalue weighted by Gasteiger charge is -2.24. The van der Waals surface area contributed by atoms with Gasteiger partial charge < -0.3 is 20.5 Å². The first kappa shape index (κ1) is 27.9. The highest BCUT2D eigenvalue weighted by Crippen LogP contribution is 2.40. The minimum atomic E-state index is -0.276. The van der Waals surface area contributed by atoms with E-state index in [-0.39, 0.29) is 11.3 Å². The maximum Gasteiger partial charge on any atom is 0.255 e. The van der Waals surface area contributed by atoms with Crippen LogP contribution in [-0.2, 0) is 5.41 Å². The topological polar surface area (TPSA) is 119 Å². The summed E-state index contributed by atoms with van der Waals surface area (Å²) >= 11 is 1.46. The van der Waals surface area contributed by atoms with Crippen LogP contribution in [0.25, 0.3) is 5.70 Å². The molecule has 1 heterocycles. The van der Waals surface area contributed by atoms with Crippen LogP contribution in [0, 0.1) is 13.8 Å². The van der Waals surface area contributed by atoms with Crippen LogP contribution in [0.15, 0.2) is 55.0 Å². The molecule has 0 unspecified atom stereocenters. The van der Waals surface area contributed by atoms with Crippen molar-refractivity contribution in [2.45, 2.75) is 40.0 Å². The van der Waals surface area contributed by atoms with E-state index in [1.807, 2.05) is 44.4 Å². The Balaban J connectivity index is 2.00. The third-order valence-electron chi connectivity index (χ3n) is 6.07. The zero-order chi connectivity index (χ0) is 27.3. The number of aryl methyl sites for hydroxylation is 1. The zero-order valence-electron chi connectivity index (χ0n) is 22.5. The Labute approximate surface area is 223 Å². The summed E-state index contributed by atoms with van der Waals surface area (Å²) in [4.78, 5) is 17.6. The summed E-state index contributed by atoms with van der Waals surface area (Å²) in [5.74, 6) is 6.67. The number of hydrazine groups is 1. The predicted octanol–water partition coefficient (Wildman–Crippen LogP) is 5.58. The molecule has 0 atom stereocenters. The molecule has 0 saturated heterocycles. The lowest BCUT2D eigenvalue weighted by molar-refractivity contribution is 0.102. The van der Waals surface area contributed by atoms with Gasteiger partial charge in [0.15, 0.2) is 5.75 Å². The molecule has 0 spiro atoms. The van der Waals surface area contributed by atoms with Crippen molar-refractivity contribution in [1.29, 1.82) is 0 Å². The number of carbonyl (C=O) groups is 1. The first-order valence-corrected chi connectivity index (χ1v) is 13.0. The van der Waals surface area contributed by atoms with Gasteiger partial charge in [-0.3, -0.25) is 14.8 Å². The van der Waals surface area contributed by atoms with Crippen molar-refractivity contribution >= 4 is 40.6 Å². The second-order valence-electron chi connectivity index (χ2n) is 9.79. The molecular formula is C28H36N6O2S. The van der Waals surface area contributed by atoms with Gasteiger partial charge in [-0.25, -0.2) is 5.84 Å². The van der Waals surface area contributed by atoms with Crippen molar-refractivity contribution in [3.63, 3.8) is 0 Å². The van der Waals surface area contributed by atoms with Gasteiger partial charge in [0.1, 0.15) is 0 Å². The van der Waals surface area contributed by atoms with E-state index in [2.05, 4.69) is 35.8 Å². The molecule has 2 aromatic carbocycles. The van der Waals surface area contributed by atoms with Gasteiger partial charge in [0.05, 0.1) is 29.9 Å². The zero-order valence-corrected chi connectivity index (χ0v) is 23.3. The van der Waals surface area contributed by atoms with Gasteiger partial charge >= 0.3 is 0 Å². The van der Waals surface area contributed by atoms with E-state index in [0.29, 0.717) is 28.4 Å². The van der Waals surface area contributed by atoms with Crippen molar-refractivity contribution in [3.8, 4) is 5.75 Å². The number of benzene rings is 2. The van der Waals surface area contributed by atoms with Gasteiger partial charge in [0, 0.05) is 36.0 Å². The fraction of sp³-hybridized carbons (Fsp3) is 0.286. The number of hydrogen-bond donors (Lipinski definition) is 4. The van der Waals surface area contributed by atoms with Crippen molar-refractivity contribution in [2.75, 3.05) is 28.4 Å². The highest BCUT2D eigenvalue weighted by Gasteiger charge is 2.22. The number of nitrogens with two attached hydrogens (primary N) is 2. The van der Waals surface area contributed by atoms with E-state index >= 15 is 0 Å². The van der Waals surface area contributed by atoms with Gasteiger partial charge in [-0.1, -0.05) is 32.7 Å². The van der Waals surface area contributed by atoms with Crippen LogP contribution in [0.4, 0.5) is 17.1 Å². The molecule has 8 nitrogen and oxygen atoms in total. The van der Waals surface area contributed by atoms with E-state index in [1.165, 1.54) is 17.0 Å². The minimum Gasteiger partial charge on any atom is -0.492 e. The predicted molar refractivity (Wildman–Crippen MR) is 156 cm³/mol. The van der Waals surface area contributed by atoms with Crippen molar-refractivity contribution in [3.05, 3.63) is 82.8 Å². The van der Waals surface area contributed by atoms with Gasteiger partial charge in [-0.05, 0) is 72.4 Å². The Hall–Kier alpha value is -3.69. The summed E-state index contributed by atoms with van der Waals surface area (Å²) in [7, 11) is 1.59. The molecule has 1 amide bonds. The molecule has 196 valence electrons. The number of nitrogens with zero attached hydrogens (tertiary/aromatic N) is 2. The second kappa shape index (κ2) is 11.6. The van der Waals surface area contributed by atoms with E-state index in [0.717, 1.165) is 27.9 Å². The summed E-state index contributed by atoms with van der Waals surface area (Å²) in [6.07, 6.45) is 6.91. The molecule has 1 aromatic heterocycles. The third-order valence-corrected chi connectivity index (χ3v) is 6.50. The molecule has 0 aliphatic carbocycles. The molecule has 0 aliphatic heterocycles. The molecule has 3 aromatic rings. The van der Waals surface area contributed by atoms with Crippen molar-refractivity contribution < 1.29 is 9.53 Å². The molecule has 0 radical (unpaired) electrons. The molecule has 0 bridgehead atoms. The number of carbonyl (C=O) groups excluding carboxylic acids is 1. The standard InChI is InChI=1S/C28H36N6O2S/c1-17-11-20(12-25(18(17)2)34(30)16-22(29)19-9-8-10-31-15-19)27(35)32-23-13-21(28(3,4)5)14-24(33-37-7)26(23)36-6/h8-16,33H,29-30H2,1-7H3,(H,32,35)/b22-16-. The average molecular weight is 521 g/mol. The van der Waals surface area contributed by atoms with E-state index in [9.17, 15) is 4.79 Å². The number of ether oxygens (including phenoxy) is 1. The molecular weight excluding hydrogens is 484 g/mol. The summed E-state index contributed by atoms with van der Waals surface area (Å²) in [6.45, 7) is 10.3. The first-order chi connectivity index (χ1) is 17.5. The fourth-order valence-electron chi connectivity index (χ4n) is 3.82. The number of hydrogen-bond acceptors (Lipinski definition) is 8. The summed E-state index contributed by atoms with van der Waals surface area (Å²) in [6, 6.07) is 11.3. The molecule has 0 fully saturated rings. The molecule has 37 heavy (non-hydrogen) atoms. The Bertz CT molecular complexity index is 1300. The Morgan fingerprint density at radius 1 is 1.14 bits per heavy atom. The van der Waals surface area contributed by atoms with Gasteiger partial charge in [-0.15, -0.1) is 0 Å². The SMILES string of the molecule is COc1c(NSC)cc(C(C)(C)C)cc1NC(=O)c1cc(C)c(C)c(N(N)/C=C(\N)c2cccnc2)c1. The summed E-state index contributed by atoms with van der Waals surface area (Å²) < 4.78 is 8.94. The van der Waals surface area contributed by atoms with Gasteiger partial charge in [0.2, 0.25) is 0 Å². The monoisotopic (exact) mass is 520 g/mol. The van der Waals surface area contributed by atoms with Crippen LogP contribution >= 0.6 is 11.9 Å². The Morgan fingerprint density at radius 2 is 1.84 bits per heavy atom. The third kappa shape index (κ3) is 6.55. The lowest BCUT2D eigenvalue weighted by atomic mass is 9.86. The van der Waals surface area contributed by atoms with Gasteiger partial charge in [-0.2, -0.15) is 0 Å². The summed E-state index contributed by atoms with van der Waals surface area (Å²) in [5, 5.41) is 4.48. The number of methoxy groups -OCH3 is 1. The van der Waals surface area contributed by atoms with Crippen molar-refractivity contribution in [1.82, 2.24) is 4.98 Å². The second-order valence-corrected chi connectivity index (χ2v) is 10.4. The number of nitrogens with one attached hydrogen (secondary N) is 2. The van der Waals surface area contributed by atoms with Crippen LogP contribution < -0.4 is 31.4 Å². The molecule has 3 rings (SSSR count). The average Bonchev–Trinajstić information content (AvgIpc) is 2.85. The minimum absolute atomic E-state index is 0.130. The number of aromatic nitrogens is 1. The first-order valence-electron chi connectivity index (χ1n) is 11.8. The quantitative estimate of drug-likeness (QED) is 0.173. The highest BCUT2D eigenvalue weighted by atomic mass is 32.2. The highest BCUT2D eigenvalue weighted by molar-refractivity contribution is 7.99. The Kier molecular flexibility index (Phi) is 8.73. The number of anilines is 3. The van der Waals surface area contributed by atoms with E-state index in [4.69, 9.17) is 16.3 Å². The number of rotatable bonds is 8. The molecule has 9 heteroatoms. The number of amides is 1. The maximum absolute atomic E-state index is 13.5. The normalized spacial score (nSPS) is 11.7. The van der Waals surface area contributed by atoms with Crippen LogP contribution in [0.1, 0.15) is 53.4 Å². The molecule has 0 saturated carbocycles. The van der Waals surface area contributed by atoms with Crippen LogP contribution in [0.3, 0.4) is 0 Å². The largest absolute Gasteiger partial charge is 0.492 e. The van der Waals surface area contributed by atoms with E-state index < -0.39 is 0 Å². The van der Waals surface area contributed by atoms with E-state index in [1.54, 1.807) is 37.8 Å². The number of pyridine rings is 1. The molecule has 0 aliphatic rings. The van der Waals surface area contributed by atoms with Crippen LogP contribution in [0.2, 0.25) is 0 Å². The summed E-state index contributed by atoms with van der Waals surface area (Å²) in [5.41, 5.74) is 12.7. The molecule has 6 N–H and O–H groups in total. The Morgan fingerprint density at radius 3 is 2.43 bits per heavy atom. The van der Waals surface area contributed by atoms with Gasteiger partial charge in [0.25, 0.3) is 5.91 Å². The van der Waals surface area contributed by atoms with Crippen molar-refractivity contribution in [2.24, 2.45) is 11.6 Å². The smallest absolute Gasteiger partial charge is 0.255 e.